The molecule has 4 nitrogen and oxygen atoms in total. The van der Waals surface area contributed by atoms with Crippen molar-refractivity contribution >= 4 is 38.3 Å². The molecule has 0 saturated heterocycles. The van der Waals surface area contributed by atoms with Crippen LogP contribution in [0.4, 0.5) is 5.69 Å². The van der Waals surface area contributed by atoms with Crippen LogP contribution in [-0.2, 0) is 5.41 Å². The number of hydrogen-bond acceptors (Lipinski definition) is 3. The Balaban J connectivity index is 1.36. The van der Waals surface area contributed by atoms with Crippen LogP contribution < -0.4 is 4.90 Å². The summed E-state index contributed by atoms with van der Waals surface area (Å²) < 4.78 is 2.35. The van der Waals surface area contributed by atoms with Gasteiger partial charge >= 0.3 is 0 Å². The molecule has 2 aromatic heterocycles. The molecule has 9 rings (SSSR count). The second kappa shape index (κ2) is 7.98. The minimum Gasteiger partial charge on any atom is -0.361 e. The maximum absolute atomic E-state index is 4.81. The van der Waals surface area contributed by atoms with E-state index >= 15 is 0 Å². The van der Waals surface area contributed by atoms with Gasteiger partial charge in [0.25, 0.3) is 0 Å². The minimum atomic E-state index is -0.318. The van der Waals surface area contributed by atoms with Gasteiger partial charge in [-0.1, -0.05) is 60.7 Å². The van der Waals surface area contributed by atoms with E-state index in [0.717, 1.165) is 12.5 Å². The molecule has 0 radical (unpaired) electrons. The van der Waals surface area contributed by atoms with Gasteiger partial charge in [-0.3, -0.25) is 4.57 Å². The summed E-state index contributed by atoms with van der Waals surface area (Å²) in [5.74, 6) is 0.944. The first-order valence-corrected chi connectivity index (χ1v) is 14.2. The second-order valence-electron chi connectivity index (χ2n) is 11.6. The van der Waals surface area contributed by atoms with E-state index in [0.29, 0.717) is 0 Å². The van der Waals surface area contributed by atoms with Crippen LogP contribution in [0.1, 0.15) is 23.6 Å². The lowest BCUT2D eigenvalue weighted by Crippen LogP contribution is -2.24. The number of rotatable bonds is 3. The van der Waals surface area contributed by atoms with Crippen molar-refractivity contribution in [3.8, 4) is 16.9 Å². The summed E-state index contributed by atoms with van der Waals surface area (Å²) in [6, 6.07) is 38.1. The molecule has 3 heterocycles. The zero-order valence-corrected chi connectivity index (χ0v) is 23.0. The molecule has 7 aromatic rings. The predicted octanol–water partition coefficient (Wildman–Crippen LogP) is 8.28. The van der Waals surface area contributed by atoms with Gasteiger partial charge in [-0.15, -0.1) is 0 Å². The second-order valence-corrected chi connectivity index (χ2v) is 11.6. The maximum Gasteiger partial charge on any atom is 0.137 e. The van der Waals surface area contributed by atoms with Crippen molar-refractivity contribution in [1.29, 1.82) is 0 Å². The molecule has 4 heteroatoms. The molecule has 2 aliphatic rings. The summed E-state index contributed by atoms with van der Waals surface area (Å²) in [7, 11) is 2.12. The monoisotopic (exact) mass is 528 g/mol. The van der Waals surface area contributed by atoms with Crippen LogP contribution in [0.2, 0.25) is 0 Å². The van der Waals surface area contributed by atoms with E-state index in [1.54, 1.807) is 0 Å². The van der Waals surface area contributed by atoms with E-state index in [4.69, 9.17) is 4.98 Å². The number of benzene rings is 5. The number of hydrogen-bond donors (Lipinski definition) is 0. The third kappa shape index (κ3) is 2.97. The highest BCUT2D eigenvalue weighted by Gasteiger charge is 2.41. The number of aromatic nitrogens is 2. The standard InChI is InChI=1S/C37H28N4/c1-37(30-10-4-3-9-28(30)29-16-15-27(22-31(29)37)40-19-18-39(2)23-40)26-20-25-14-13-24-8-7-11-32-35(24)36(25)33(21-26)41(32)34-12-5-6-17-38-34/h3-22H,23H2,1-2H3/t37-/m1/s1. The smallest absolute Gasteiger partial charge is 0.137 e. The van der Waals surface area contributed by atoms with E-state index in [2.05, 4.69) is 138 Å². The first-order chi connectivity index (χ1) is 20.1. The molecular formula is C37H28N4. The van der Waals surface area contributed by atoms with Crippen LogP contribution in [0, 0.1) is 0 Å². The lowest BCUT2D eigenvalue weighted by atomic mass is 9.73. The molecule has 1 aliphatic heterocycles. The zero-order valence-electron chi connectivity index (χ0n) is 23.0. The largest absolute Gasteiger partial charge is 0.361 e. The fourth-order valence-corrected chi connectivity index (χ4v) is 7.38. The maximum atomic E-state index is 4.81. The lowest BCUT2D eigenvalue weighted by molar-refractivity contribution is 0.495. The number of fused-ring (bicyclic) bond motifs is 3. The molecule has 41 heavy (non-hydrogen) atoms. The van der Waals surface area contributed by atoms with Gasteiger partial charge in [-0.25, -0.2) is 4.98 Å². The number of nitrogens with zero attached hydrogens (tertiary/aromatic N) is 4. The zero-order chi connectivity index (χ0) is 27.3. The van der Waals surface area contributed by atoms with Gasteiger partial charge in [0.1, 0.15) is 5.82 Å². The summed E-state index contributed by atoms with van der Waals surface area (Å²) in [6.07, 6.45) is 6.19. The van der Waals surface area contributed by atoms with Gasteiger partial charge in [0, 0.05) is 47.5 Å². The Labute approximate surface area is 238 Å². The summed E-state index contributed by atoms with van der Waals surface area (Å²) in [4.78, 5) is 9.33. The Morgan fingerprint density at radius 3 is 2.37 bits per heavy atom. The quantitative estimate of drug-likeness (QED) is 0.216. The number of pyridine rings is 1. The highest BCUT2D eigenvalue weighted by molar-refractivity contribution is 6.24. The van der Waals surface area contributed by atoms with Crippen LogP contribution in [-0.4, -0.2) is 28.2 Å². The Bertz CT molecular complexity index is 2170. The van der Waals surface area contributed by atoms with Gasteiger partial charge in [-0.05, 0) is 88.0 Å². The van der Waals surface area contributed by atoms with Crippen molar-refractivity contribution in [2.75, 3.05) is 18.6 Å². The molecule has 0 unspecified atom stereocenters. The van der Waals surface area contributed by atoms with Crippen molar-refractivity contribution in [1.82, 2.24) is 14.5 Å². The summed E-state index contributed by atoms with van der Waals surface area (Å²) in [5.41, 5.74) is 9.95. The summed E-state index contributed by atoms with van der Waals surface area (Å²) in [5, 5.41) is 5.14. The van der Waals surface area contributed by atoms with Gasteiger partial charge in [0.15, 0.2) is 0 Å². The molecule has 196 valence electrons. The fraction of sp³-hybridized carbons (Fsp3) is 0.108. The van der Waals surface area contributed by atoms with Crippen LogP contribution in [0.3, 0.4) is 0 Å². The molecule has 0 amide bonds. The van der Waals surface area contributed by atoms with E-state index in [1.807, 2.05) is 12.3 Å². The van der Waals surface area contributed by atoms with Gasteiger partial charge in [0.2, 0.25) is 0 Å². The molecule has 0 fully saturated rings. The van der Waals surface area contributed by atoms with Crippen molar-refractivity contribution < 1.29 is 0 Å². The number of anilines is 1. The van der Waals surface area contributed by atoms with Crippen molar-refractivity contribution in [3.63, 3.8) is 0 Å². The SMILES string of the molecule is CN1C=CN(c2ccc3c(c2)[C@](C)(c2cc4ccc5cccc6c5c4c(c2)n6-c2ccccn2)c2ccccc2-3)C1. The van der Waals surface area contributed by atoms with E-state index in [-0.39, 0.29) is 5.41 Å². The fourth-order valence-electron chi connectivity index (χ4n) is 7.38. The molecule has 1 atom stereocenters. The molecule has 0 spiro atoms. The van der Waals surface area contributed by atoms with Crippen LogP contribution in [0.25, 0.3) is 49.5 Å². The molecular weight excluding hydrogens is 500 g/mol. The minimum absolute atomic E-state index is 0.318. The predicted molar refractivity (Wildman–Crippen MR) is 169 cm³/mol. The van der Waals surface area contributed by atoms with Gasteiger partial charge in [0.05, 0.1) is 17.7 Å². The average molecular weight is 529 g/mol. The highest BCUT2D eigenvalue weighted by atomic mass is 15.3. The third-order valence-electron chi connectivity index (χ3n) is 9.36. The molecule has 0 bridgehead atoms. The molecule has 0 saturated carbocycles. The van der Waals surface area contributed by atoms with Crippen molar-refractivity contribution in [2.24, 2.45) is 0 Å². The lowest BCUT2D eigenvalue weighted by Gasteiger charge is -2.30. The first-order valence-electron chi connectivity index (χ1n) is 14.2. The van der Waals surface area contributed by atoms with E-state index < -0.39 is 0 Å². The van der Waals surface area contributed by atoms with Crippen LogP contribution >= 0.6 is 0 Å². The van der Waals surface area contributed by atoms with Crippen LogP contribution in [0.5, 0.6) is 0 Å². The summed E-state index contributed by atoms with van der Waals surface area (Å²) >= 11 is 0. The molecule has 0 N–H and O–H groups in total. The highest BCUT2D eigenvalue weighted by Crippen LogP contribution is 2.54. The topological polar surface area (TPSA) is 24.3 Å². The van der Waals surface area contributed by atoms with Gasteiger partial charge in [-0.2, -0.15) is 0 Å². The molecule has 1 aliphatic carbocycles. The van der Waals surface area contributed by atoms with E-state index in [9.17, 15) is 0 Å². The van der Waals surface area contributed by atoms with Gasteiger partial charge < -0.3 is 9.80 Å². The van der Waals surface area contributed by atoms with Crippen molar-refractivity contribution in [3.05, 3.63) is 138 Å². The Morgan fingerprint density at radius 1 is 0.683 bits per heavy atom. The van der Waals surface area contributed by atoms with E-state index in [1.165, 1.54) is 66.1 Å². The third-order valence-corrected chi connectivity index (χ3v) is 9.36. The summed E-state index contributed by atoms with van der Waals surface area (Å²) in [6.45, 7) is 3.27. The first kappa shape index (κ1) is 22.7. The average Bonchev–Trinajstić information content (AvgIpc) is 3.68. The van der Waals surface area contributed by atoms with Crippen molar-refractivity contribution in [2.45, 2.75) is 12.3 Å². The Morgan fingerprint density at radius 2 is 1.51 bits per heavy atom. The normalized spacial score (nSPS) is 17.8. The van der Waals surface area contributed by atoms with Crippen LogP contribution in [0.15, 0.2) is 122 Å². The Kier molecular flexibility index (Phi) is 4.42. The Hall–Kier alpha value is -5.09. The molecule has 5 aromatic carbocycles.